The van der Waals surface area contributed by atoms with Crippen molar-refractivity contribution in [1.82, 2.24) is 5.32 Å². The van der Waals surface area contributed by atoms with Gasteiger partial charge in [0, 0.05) is 22.3 Å². The minimum Gasteiger partial charge on any atom is -0.481 e. The first-order valence-corrected chi connectivity index (χ1v) is 7.98. The molecule has 0 aromatic carbocycles. The Morgan fingerprint density at radius 1 is 1.32 bits per heavy atom. The minimum absolute atomic E-state index is 0.144. The maximum absolute atomic E-state index is 10.6. The summed E-state index contributed by atoms with van der Waals surface area (Å²) in [5, 5.41) is 12.4. The molecule has 2 rings (SSSR count). The van der Waals surface area contributed by atoms with E-state index in [9.17, 15) is 4.79 Å². The third-order valence-electron chi connectivity index (χ3n) is 3.87. The summed E-state index contributed by atoms with van der Waals surface area (Å²) in [7, 11) is 0. The fraction of sp³-hybridized carbons (Fsp3) is 0.667. The topological polar surface area (TPSA) is 49.3 Å². The summed E-state index contributed by atoms with van der Waals surface area (Å²) in [5.74, 6) is 0.120. The second kappa shape index (κ2) is 7.06. The summed E-state index contributed by atoms with van der Waals surface area (Å²) in [6.45, 7) is 3.23. The molecule has 0 amide bonds. The number of carboxylic acid groups (broad SMARTS) is 1. The van der Waals surface area contributed by atoms with Gasteiger partial charge in [0.15, 0.2) is 0 Å². The number of rotatable bonds is 5. The molecular formula is C15H23NO2S. The average Bonchev–Trinajstić information content (AvgIpc) is 2.68. The largest absolute Gasteiger partial charge is 0.481 e. The molecule has 4 heteroatoms. The lowest BCUT2D eigenvalue weighted by Crippen LogP contribution is -2.27. The van der Waals surface area contributed by atoms with Crippen LogP contribution >= 0.6 is 11.3 Å². The zero-order valence-corrected chi connectivity index (χ0v) is 12.3. The quantitative estimate of drug-likeness (QED) is 0.813. The van der Waals surface area contributed by atoms with E-state index in [1.165, 1.54) is 37.0 Å². The molecule has 0 radical (unpaired) electrons. The van der Waals surface area contributed by atoms with Crippen molar-refractivity contribution in [1.29, 1.82) is 0 Å². The number of carbonyl (C=O) groups is 1. The normalized spacial score (nSPS) is 24.1. The van der Waals surface area contributed by atoms with Gasteiger partial charge < -0.3 is 10.4 Å². The molecule has 106 valence electrons. The van der Waals surface area contributed by atoms with Gasteiger partial charge in [-0.2, -0.15) is 0 Å². The second-order valence-electron chi connectivity index (χ2n) is 5.63. The lowest BCUT2D eigenvalue weighted by atomic mass is 10.0. The molecule has 3 nitrogen and oxygen atoms in total. The van der Waals surface area contributed by atoms with E-state index in [0.717, 1.165) is 17.3 Å². The Labute approximate surface area is 119 Å². The summed E-state index contributed by atoms with van der Waals surface area (Å²) in [6, 6.07) is 4.62. The van der Waals surface area contributed by atoms with Crippen LogP contribution in [0, 0.1) is 5.92 Å². The Hall–Kier alpha value is -0.870. The van der Waals surface area contributed by atoms with Crippen LogP contribution in [0.5, 0.6) is 0 Å². The zero-order valence-electron chi connectivity index (χ0n) is 11.5. The maximum Gasteiger partial charge on any atom is 0.308 e. The molecular weight excluding hydrogens is 258 g/mol. The molecule has 2 atom stereocenters. The van der Waals surface area contributed by atoms with Crippen molar-refractivity contribution < 1.29 is 9.90 Å². The molecule has 0 saturated heterocycles. The minimum atomic E-state index is -0.751. The van der Waals surface area contributed by atoms with Crippen molar-refractivity contribution >= 4 is 17.3 Å². The van der Waals surface area contributed by atoms with Gasteiger partial charge >= 0.3 is 5.97 Å². The number of thiophene rings is 1. The lowest BCUT2D eigenvalue weighted by Gasteiger charge is -2.15. The van der Waals surface area contributed by atoms with Crippen LogP contribution in [0.15, 0.2) is 12.1 Å². The standard InChI is InChI=1S/C15H23NO2S/c1-11-3-2-4-12(6-5-11)16-10-14-8-7-13(19-14)9-15(17)18/h7-8,11-12,16H,2-6,9-10H2,1H3,(H,17,18). The molecule has 1 aromatic rings. The second-order valence-corrected chi connectivity index (χ2v) is 6.88. The van der Waals surface area contributed by atoms with Gasteiger partial charge in [-0.05, 0) is 37.3 Å². The summed E-state index contributed by atoms with van der Waals surface area (Å²) in [6.07, 6.45) is 6.71. The molecule has 1 aromatic heterocycles. The maximum atomic E-state index is 10.6. The molecule has 1 heterocycles. The zero-order chi connectivity index (χ0) is 13.7. The summed E-state index contributed by atoms with van der Waals surface area (Å²) in [4.78, 5) is 12.8. The predicted octanol–water partition coefficient (Wildman–Crippen LogP) is 3.43. The Morgan fingerprint density at radius 3 is 2.89 bits per heavy atom. The highest BCUT2D eigenvalue weighted by atomic mass is 32.1. The first kappa shape index (κ1) is 14.5. The molecule has 2 N–H and O–H groups in total. The van der Waals surface area contributed by atoms with E-state index in [4.69, 9.17) is 5.11 Å². The Balaban J connectivity index is 1.78. The van der Waals surface area contributed by atoms with Crippen molar-refractivity contribution in [2.45, 2.75) is 58.0 Å². The Bertz CT molecular complexity index is 416. The van der Waals surface area contributed by atoms with E-state index in [2.05, 4.69) is 18.3 Å². The molecule has 1 saturated carbocycles. The first-order valence-electron chi connectivity index (χ1n) is 7.16. The fourth-order valence-electron chi connectivity index (χ4n) is 2.70. The van der Waals surface area contributed by atoms with Crippen LogP contribution in [0.4, 0.5) is 0 Å². The molecule has 19 heavy (non-hydrogen) atoms. The van der Waals surface area contributed by atoms with Crippen LogP contribution in [-0.2, 0) is 17.8 Å². The van der Waals surface area contributed by atoms with E-state index < -0.39 is 5.97 Å². The van der Waals surface area contributed by atoms with Gasteiger partial charge in [0.1, 0.15) is 0 Å². The van der Waals surface area contributed by atoms with Gasteiger partial charge in [-0.15, -0.1) is 11.3 Å². The van der Waals surface area contributed by atoms with E-state index >= 15 is 0 Å². The smallest absolute Gasteiger partial charge is 0.308 e. The average molecular weight is 281 g/mol. The van der Waals surface area contributed by atoms with Gasteiger partial charge in [0.25, 0.3) is 0 Å². The van der Waals surface area contributed by atoms with E-state index in [0.29, 0.717) is 6.04 Å². The predicted molar refractivity (Wildman–Crippen MR) is 78.5 cm³/mol. The third-order valence-corrected chi connectivity index (χ3v) is 4.95. The molecule has 1 fully saturated rings. The molecule has 2 unspecified atom stereocenters. The Morgan fingerprint density at radius 2 is 2.11 bits per heavy atom. The van der Waals surface area contributed by atoms with Crippen molar-refractivity contribution in [2.75, 3.05) is 0 Å². The van der Waals surface area contributed by atoms with Crippen LogP contribution in [-0.4, -0.2) is 17.1 Å². The highest BCUT2D eigenvalue weighted by molar-refractivity contribution is 7.12. The van der Waals surface area contributed by atoms with Gasteiger partial charge in [-0.3, -0.25) is 4.79 Å². The molecule has 1 aliphatic carbocycles. The molecule has 1 aliphatic rings. The van der Waals surface area contributed by atoms with Crippen molar-refractivity contribution in [2.24, 2.45) is 5.92 Å². The van der Waals surface area contributed by atoms with Crippen LogP contribution in [0.1, 0.15) is 48.8 Å². The van der Waals surface area contributed by atoms with Crippen LogP contribution in [0.3, 0.4) is 0 Å². The molecule has 0 aliphatic heterocycles. The van der Waals surface area contributed by atoms with Gasteiger partial charge in [0.2, 0.25) is 0 Å². The monoisotopic (exact) mass is 281 g/mol. The van der Waals surface area contributed by atoms with Crippen LogP contribution < -0.4 is 5.32 Å². The van der Waals surface area contributed by atoms with Gasteiger partial charge in [0.05, 0.1) is 6.42 Å². The summed E-state index contributed by atoms with van der Waals surface area (Å²) < 4.78 is 0. The number of aliphatic carboxylic acids is 1. The van der Waals surface area contributed by atoms with Gasteiger partial charge in [-0.1, -0.05) is 19.8 Å². The van der Waals surface area contributed by atoms with E-state index in [1.807, 2.05) is 6.07 Å². The van der Waals surface area contributed by atoms with Crippen LogP contribution in [0.25, 0.3) is 0 Å². The summed E-state index contributed by atoms with van der Waals surface area (Å²) >= 11 is 1.61. The summed E-state index contributed by atoms with van der Waals surface area (Å²) in [5.41, 5.74) is 0. The SMILES string of the molecule is CC1CCCC(NCc2ccc(CC(=O)O)s2)CC1. The molecule has 0 bridgehead atoms. The van der Waals surface area contributed by atoms with Gasteiger partial charge in [-0.25, -0.2) is 0 Å². The first-order chi connectivity index (χ1) is 9.13. The highest BCUT2D eigenvalue weighted by Gasteiger charge is 2.15. The Kier molecular flexibility index (Phi) is 5.40. The lowest BCUT2D eigenvalue weighted by molar-refractivity contribution is -0.136. The van der Waals surface area contributed by atoms with Crippen LogP contribution in [0.2, 0.25) is 0 Å². The third kappa shape index (κ3) is 4.96. The fourth-order valence-corrected chi connectivity index (χ4v) is 3.66. The highest BCUT2D eigenvalue weighted by Crippen LogP contribution is 2.23. The van der Waals surface area contributed by atoms with Crippen molar-refractivity contribution in [3.8, 4) is 0 Å². The number of carboxylic acids is 1. The molecule has 0 spiro atoms. The number of hydrogen-bond donors (Lipinski definition) is 2. The van der Waals surface area contributed by atoms with Crippen molar-refractivity contribution in [3.05, 3.63) is 21.9 Å². The van der Waals surface area contributed by atoms with E-state index in [1.54, 1.807) is 11.3 Å². The number of hydrogen-bond acceptors (Lipinski definition) is 3. The van der Waals surface area contributed by atoms with Crippen molar-refractivity contribution in [3.63, 3.8) is 0 Å². The number of nitrogens with one attached hydrogen (secondary N) is 1. The van der Waals surface area contributed by atoms with E-state index in [-0.39, 0.29) is 6.42 Å².